The normalized spacial score (nSPS) is 11.1. The topological polar surface area (TPSA) is 71.2 Å². The first-order chi connectivity index (χ1) is 8.49. The summed E-state index contributed by atoms with van der Waals surface area (Å²) in [7, 11) is 0.986. The summed E-state index contributed by atoms with van der Waals surface area (Å²) in [6.45, 7) is -2.80. The fourth-order valence-electron chi connectivity index (χ4n) is 1.24. The number of hydrogen-bond acceptors (Lipinski definition) is 3. The number of carbonyl (C=O) groups is 2. The highest BCUT2D eigenvalue weighted by Crippen LogP contribution is 2.14. The fourth-order valence-corrected chi connectivity index (χ4v) is 1.59. The lowest BCUT2D eigenvalue weighted by Gasteiger charge is -2.25. The lowest BCUT2D eigenvalue weighted by atomic mass is 10.0. The number of alkyl halides is 2. The van der Waals surface area contributed by atoms with Crippen molar-refractivity contribution in [3.63, 3.8) is 0 Å². The highest BCUT2D eigenvalue weighted by molar-refractivity contribution is 9.10. The molecule has 1 aromatic rings. The number of H-pyrrole nitrogens is 1. The van der Waals surface area contributed by atoms with E-state index in [1.54, 1.807) is 0 Å². The molecule has 1 amide bonds. The van der Waals surface area contributed by atoms with Crippen molar-refractivity contribution in [3.05, 3.63) is 22.4 Å². The first-order valence-electron chi connectivity index (χ1n) is 4.86. The molecule has 18 heavy (non-hydrogen) atoms. The molecule has 0 aliphatic carbocycles. The SMILES string of the molecule is COC(=O)C(CF)(CF)NC(=O)c1cc(Br)c[nH]1. The number of methoxy groups -OCH3 is 1. The van der Waals surface area contributed by atoms with Crippen molar-refractivity contribution in [1.29, 1.82) is 0 Å². The summed E-state index contributed by atoms with van der Waals surface area (Å²) in [5.41, 5.74) is -2.24. The van der Waals surface area contributed by atoms with Gasteiger partial charge in [-0.1, -0.05) is 0 Å². The molecule has 0 saturated heterocycles. The lowest BCUT2D eigenvalue weighted by Crippen LogP contribution is -2.58. The molecule has 100 valence electrons. The molecular weight excluding hydrogens is 314 g/mol. The Morgan fingerprint density at radius 2 is 2.11 bits per heavy atom. The molecule has 0 aromatic carbocycles. The number of nitrogens with one attached hydrogen (secondary N) is 2. The Labute approximate surface area is 110 Å². The van der Waals surface area contributed by atoms with Crippen LogP contribution in [0, 0.1) is 0 Å². The minimum atomic E-state index is -2.30. The third-order valence-corrected chi connectivity index (χ3v) is 2.74. The van der Waals surface area contributed by atoms with Crippen molar-refractivity contribution < 1.29 is 23.1 Å². The van der Waals surface area contributed by atoms with E-state index in [1.807, 2.05) is 5.32 Å². The van der Waals surface area contributed by atoms with Crippen LogP contribution in [0.25, 0.3) is 0 Å². The molecule has 0 bridgehead atoms. The van der Waals surface area contributed by atoms with Crippen LogP contribution in [-0.4, -0.2) is 42.9 Å². The Balaban J connectivity index is 2.91. The van der Waals surface area contributed by atoms with E-state index in [4.69, 9.17) is 0 Å². The molecule has 2 N–H and O–H groups in total. The number of aromatic nitrogens is 1. The molecule has 1 aromatic heterocycles. The number of amides is 1. The molecule has 0 aliphatic heterocycles. The van der Waals surface area contributed by atoms with E-state index in [-0.39, 0.29) is 5.69 Å². The largest absolute Gasteiger partial charge is 0.467 e. The lowest BCUT2D eigenvalue weighted by molar-refractivity contribution is -0.149. The zero-order valence-corrected chi connectivity index (χ0v) is 11.0. The van der Waals surface area contributed by atoms with Gasteiger partial charge in [-0.3, -0.25) is 4.79 Å². The zero-order chi connectivity index (χ0) is 13.8. The minimum Gasteiger partial charge on any atom is -0.467 e. The van der Waals surface area contributed by atoms with E-state index in [9.17, 15) is 18.4 Å². The second-order valence-corrected chi connectivity index (χ2v) is 4.44. The van der Waals surface area contributed by atoms with E-state index < -0.39 is 30.8 Å². The minimum absolute atomic E-state index is 0.0667. The maximum absolute atomic E-state index is 12.9. The third kappa shape index (κ3) is 2.87. The molecule has 0 radical (unpaired) electrons. The third-order valence-electron chi connectivity index (χ3n) is 2.28. The summed E-state index contributed by atoms with van der Waals surface area (Å²) >= 11 is 3.11. The summed E-state index contributed by atoms with van der Waals surface area (Å²) in [6.07, 6.45) is 1.47. The number of ether oxygens (including phenoxy) is 1. The average molecular weight is 325 g/mol. The van der Waals surface area contributed by atoms with Crippen molar-refractivity contribution in [2.45, 2.75) is 5.54 Å². The van der Waals surface area contributed by atoms with Crippen LogP contribution in [0.5, 0.6) is 0 Å². The summed E-state index contributed by atoms with van der Waals surface area (Å²) in [5, 5.41) is 1.99. The summed E-state index contributed by atoms with van der Waals surface area (Å²) in [4.78, 5) is 25.6. The number of hydrogen-bond donors (Lipinski definition) is 2. The van der Waals surface area contributed by atoms with E-state index in [0.29, 0.717) is 4.47 Å². The van der Waals surface area contributed by atoms with E-state index in [0.717, 1.165) is 7.11 Å². The second kappa shape index (κ2) is 5.94. The highest BCUT2D eigenvalue weighted by atomic mass is 79.9. The molecule has 0 fully saturated rings. The summed E-state index contributed by atoms with van der Waals surface area (Å²) in [6, 6.07) is 1.41. The predicted molar refractivity (Wildman–Crippen MR) is 62.7 cm³/mol. The molecule has 0 unspecified atom stereocenters. The van der Waals surface area contributed by atoms with E-state index in [1.165, 1.54) is 12.3 Å². The zero-order valence-electron chi connectivity index (χ0n) is 9.43. The highest BCUT2D eigenvalue weighted by Gasteiger charge is 2.42. The average Bonchev–Trinajstić information content (AvgIpc) is 2.81. The van der Waals surface area contributed by atoms with Crippen molar-refractivity contribution in [2.24, 2.45) is 0 Å². The maximum Gasteiger partial charge on any atom is 0.337 e. The summed E-state index contributed by atoms with van der Waals surface area (Å²) in [5.74, 6) is -1.98. The van der Waals surface area contributed by atoms with Crippen LogP contribution in [0.4, 0.5) is 8.78 Å². The van der Waals surface area contributed by atoms with E-state index >= 15 is 0 Å². The van der Waals surface area contributed by atoms with Crippen LogP contribution >= 0.6 is 15.9 Å². The van der Waals surface area contributed by atoms with Gasteiger partial charge in [0.15, 0.2) is 5.54 Å². The van der Waals surface area contributed by atoms with Gasteiger partial charge in [0.2, 0.25) is 0 Å². The molecule has 8 heteroatoms. The first kappa shape index (κ1) is 14.6. The van der Waals surface area contributed by atoms with Gasteiger partial charge < -0.3 is 15.0 Å². The van der Waals surface area contributed by atoms with Crippen molar-refractivity contribution >= 4 is 27.8 Å². The molecule has 0 spiro atoms. The summed E-state index contributed by atoms with van der Waals surface area (Å²) < 4.78 is 30.6. The molecule has 0 atom stereocenters. The Bertz CT molecular complexity index is 446. The van der Waals surface area contributed by atoms with Gasteiger partial charge in [-0.25, -0.2) is 13.6 Å². The van der Waals surface area contributed by atoms with Gasteiger partial charge in [-0.05, 0) is 22.0 Å². The molecule has 0 aliphatic rings. The molecule has 1 heterocycles. The van der Waals surface area contributed by atoms with Crippen LogP contribution in [0.3, 0.4) is 0 Å². The van der Waals surface area contributed by atoms with Gasteiger partial charge in [0.25, 0.3) is 5.91 Å². The van der Waals surface area contributed by atoms with Gasteiger partial charge in [0, 0.05) is 10.7 Å². The van der Waals surface area contributed by atoms with Gasteiger partial charge in [-0.15, -0.1) is 0 Å². The van der Waals surface area contributed by atoms with Gasteiger partial charge in [0.1, 0.15) is 19.0 Å². The quantitative estimate of drug-likeness (QED) is 0.803. The van der Waals surface area contributed by atoms with Crippen LogP contribution in [0.1, 0.15) is 10.5 Å². The first-order valence-corrected chi connectivity index (χ1v) is 5.65. The maximum atomic E-state index is 12.9. The number of halogens is 3. The predicted octanol–water partition coefficient (Wildman–Crippen LogP) is 1.36. The van der Waals surface area contributed by atoms with Crippen molar-refractivity contribution in [1.82, 2.24) is 10.3 Å². The molecule has 0 saturated carbocycles. The van der Waals surface area contributed by atoms with Crippen LogP contribution in [0.15, 0.2) is 16.7 Å². The van der Waals surface area contributed by atoms with Crippen molar-refractivity contribution in [3.8, 4) is 0 Å². The van der Waals surface area contributed by atoms with Crippen LogP contribution in [0.2, 0.25) is 0 Å². The monoisotopic (exact) mass is 324 g/mol. The number of esters is 1. The number of rotatable bonds is 5. The van der Waals surface area contributed by atoms with Gasteiger partial charge in [-0.2, -0.15) is 0 Å². The van der Waals surface area contributed by atoms with Gasteiger partial charge >= 0.3 is 5.97 Å². The van der Waals surface area contributed by atoms with Crippen LogP contribution < -0.4 is 5.32 Å². The molecule has 1 rings (SSSR count). The number of carbonyl (C=O) groups excluding carboxylic acids is 2. The Kier molecular flexibility index (Phi) is 4.83. The smallest absolute Gasteiger partial charge is 0.337 e. The Morgan fingerprint density at radius 1 is 1.50 bits per heavy atom. The number of aromatic amines is 1. The van der Waals surface area contributed by atoms with Crippen LogP contribution in [-0.2, 0) is 9.53 Å². The van der Waals surface area contributed by atoms with Crippen molar-refractivity contribution in [2.75, 3.05) is 20.5 Å². The molecular formula is C10H11BrF2N2O3. The standard InChI is InChI=1S/C10H11BrF2N2O3/c1-18-9(17)10(4-12,5-13)15-8(16)7-2-6(11)3-14-7/h2-3,14H,4-5H2,1H3,(H,15,16). The second-order valence-electron chi connectivity index (χ2n) is 3.53. The van der Waals surface area contributed by atoms with E-state index in [2.05, 4.69) is 25.7 Å². The fraction of sp³-hybridized carbons (Fsp3) is 0.400. The van der Waals surface area contributed by atoms with Gasteiger partial charge in [0.05, 0.1) is 7.11 Å². The molecule has 5 nitrogen and oxygen atoms in total. The Morgan fingerprint density at radius 3 is 2.50 bits per heavy atom. The Hall–Kier alpha value is -1.44.